The minimum atomic E-state index is -0.133. The Morgan fingerprint density at radius 1 is 1.13 bits per heavy atom. The van der Waals surface area contributed by atoms with Crippen LogP contribution in [0.2, 0.25) is 10.0 Å². The second-order valence-corrected chi connectivity index (χ2v) is 7.83. The zero-order chi connectivity index (χ0) is 22.4. The van der Waals surface area contributed by atoms with Crippen LogP contribution in [0, 0.1) is 5.92 Å². The van der Waals surface area contributed by atoms with Crippen molar-refractivity contribution in [2.45, 2.75) is 46.1 Å². The maximum Gasteiger partial charge on any atom is 0.261 e. The number of nitrogens with two attached hydrogens (primary N) is 2. The Bertz CT molecular complexity index is 817. The van der Waals surface area contributed by atoms with E-state index in [1.165, 1.54) is 6.42 Å². The molecule has 1 atom stereocenters. The number of pyridine rings is 1. The summed E-state index contributed by atoms with van der Waals surface area (Å²) >= 11 is 11.2. The van der Waals surface area contributed by atoms with Crippen LogP contribution in [0.4, 0.5) is 0 Å². The van der Waals surface area contributed by atoms with Crippen LogP contribution in [0.5, 0.6) is 0 Å². The largest absolute Gasteiger partial charge is 0.382 e. The van der Waals surface area contributed by atoms with E-state index in [1.807, 2.05) is 18.2 Å². The van der Waals surface area contributed by atoms with Gasteiger partial charge in [-0.15, -0.1) is 0 Å². The molecule has 0 radical (unpaired) electrons. The van der Waals surface area contributed by atoms with E-state index in [1.54, 1.807) is 29.0 Å². The van der Waals surface area contributed by atoms with Gasteiger partial charge in [0.15, 0.2) is 5.84 Å². The zero-order valence-electron chi connectivity index (χ0n) is 17.8. The van der Waals surface area contributed by atoms with Crippen molar-refractivity contribution in [1.82, 2.24) is 9.88 Å². The van der Waals surface area contributed by atoms with E-state index >= 15 is 0 Å². The second-order valence-electron chi connectivity index (χ2n) is 7.02. The molecule has 1 unspecified atom stereocenters. The number of nitrogens with zero attached hydrogens (tertiary/aromatic N) is 2. The molecule has 5 N–H and O–H groups in total. The molecule has 0 amide bonds. The van der Waals surface area contributed by atoms with Gasteiger partial charge in [0, 0.05) is 12.7 Å². The third-order valence-corrected chi connectivity index (χ3v) is 5.30. The first-order valence-corrected chi connectivity index (χ1v) is 11.0. The fraction of sp³-hybridized carbons (Fsp3) is 0.455. The monoisotopic (exact) mass is 453 g/mol. The molecule has 0 spiro atoms. The molecule has 0 fully saturated rings. The van der Waals surface area contributed by atoms with Crippen LogP contribution in [0.15, 0.2) is 52.5 Å². The van der Waals surface area contributed by atoms with Gasteiger partial charge >= 0.3 is 0 Å². The maximum atomic E-state index is 12.4. The fourth-order valence-corrected chi connectivity index (χ4v) is 3.17. The molecule has 2 rings (SSSR count). The van der Waals surface area contributed by atoms with Gasteiger partial charge < -0.3 is 21.5 Å². The fourth-order valence-electron chi connectivity index (χ4n) is 2.90. The molecule has 0 saturated heterocycles. The van der Waals surface area contributed by atoms with E-state index in [4.69, 9.17) is 34.8 Å². The first-order valence-electron chi connectivity index (χ1n) is 10.3. The van der Waals surface area contributed by atoms with E-state index in [2.05, 4.69) is 24.3 Å². The van der Waals surface area contributed by atoms with Gasteiger partial charge in [-0.05, 0) is 56.1 Å². The Morgan fingerprint density at radius 3 is 2.33 bits per heavy atom. The molecule has 0 aliphatic rings. The molecule has 166 valence electrons. The topological polar surface area (TPSA) is 98.4 Å². The lowest BCUT2D eigenvalue weighted by Crippen LogP contribution is -2.34. The number of hydrogen-bond donors (Lipinski definition) is 3. The molecular weight excluding hydrogens is 421 g/mol. The summed E-state index contributed by atoms with van der Waals surface area (Å²) in [4.78, 5) is 12.4. The number of aromatic nitrogens is 1. The van der Waals surface area contributed by atoms with Gasteiger partial charge in [-0.1, -0.05) is 62.0 Å². The first-order chi connectivity index (χ1) is 14.4. The number of hydrazone groups is 1. The van der Waals surface area contributed by atoms with Crippen molar-refractivity contribution in [3.8, 4) is 0 Å². The lowest BCUT2D eigenvalue weighted by molar-refractivity contribution is 0.374. The Balaban J connectivity index is 0.000000467. The number of unbranched alkanes of at least 4 members (excludes halogenated alkanes) is 1. The van der Waals surface area contributed by atoms with E-state index in [0.717, 1.165) is 32.4 Å². The van der Waals surface area contributed by atoms with Crippen molar-refractivity contribution in [1.29, 1.82) is 0 Å². The van der Waals surface area contributed by atoms with Crippen LogP contribution in [-0.4, -0.2) is 23.5 Å². The van der Waals surface area contributed by atoms with Gasteiger partial charge in [0.1, 0.15) is 0 Å². The molecule has 0 saturated carbocycles. The van der Waals surface area contributed by atoms with Gasteiger partial charge in [-0.25, -0.2) is 0 Å². The van der Waals surface area contributed by atoms with Crippen LogP contribution in [0.1, 0.15) is 45.1 Å². The van der Waals surface area contributed by atoms with Gasteiger partial charge in [0.2, 0.25) is 0 Å². The summed E-state index contributed by atoms with van der Waals surface area (Å²) in [5, 5.41) is 8.08. The van der Waals surface area contributed by atoms with E-state index in [9.17, 15) is 4.79 Å². The Kier molecular flexibility index (Phi) is 12.9. The number of amidine groups is 1. The quantitative estimate of drug-likeness (QED) is 0.165. The van der Waals surface area contributed by atoms with Gasteiger partial charge in [0.25, 0.3) is 5.56 Å². The van der Waals surface area contributed by atoms with Crippen LogP contribution in [0.3, 0.4) is 0 Å². The zero-order valence-corrected chi connectivity index (χ0v) is 19.3. The number of rotatable bonds is 10. The van der Waals surface area contributed by atoms with Gasteiger partial charge in [0.05, 0.1) is 15.6 Å². The van der Waals surface area contributed by atoms with E-state index < -0.39 is 0 Å². The summed E-state index contributed by atoms with van der Waals surface area (Å²) in [5.41, 5.74) is 5.90. The summed E-state index contributed by atoms with van der Waals surface area (Å²) in [6.07, 6.45) is 6.34. The molecule has 0 aliphatic carbocycles. The molecule has 2 aromatic rings. The molecule has 0 aliphatic heterocycles. The summed E-state index contributed by atoms with van der Waals surface area (Å²) in [5.74, 6) is 5.68. The first kappa shape index (κ1) is 26.0. The van der Waals surface area contributed by atoms with Gasteiger partial charge in [-0.2, -0.15) is 5.10 Å². The molecule has 8 heteroatoms. The highest BCUT2D eigenvalue weighted by Gasteiger charge is 2.12. The van der Waals surface area contributed by atoms with Crippen LogP contribution < -0.4 is 22.5 Å². The second kappa shape index (κ2) is 14.9. The van der Waals surface area contributed by atoms with Crippen molar-refractivity contribution in [3.05, 3.63) is 68.6 Å². The number of benzene rings is 1. The van der Waals surface area contributed by atoms with Crippen molar-refractivity contribution in [3.63, 3.8) is 0 Å². The third-order valence-electron chi connectivity index (χ3n) is 4.54. The molecule has 6 nitrogen and oxygen atoms in total. The molecule has 1 aromatic heterocycles. The molecular formula is C22H33Cl2N5O. The highest BCUT2D eigenvalue weighted by Crippen LogP contribution is 2.19. The Labute approximate surface area is 189 Å². The maximum absolute atomic E-state index is 12.4. The van der Waals surface area contributed by atoms with Crippen molar-refractivity contribution < 1.29 is 0 Å². The SMILES string of the molecule is CCCCC(CNCCC)Cn1cccc(/C(N)=N/N)c1=O.Clc1ccccc1Cl. The summed E-state index contributed by atoms with van der Waals surface area (Å²) in [6, 6.07) is 10.7. The Hall–Kier alpha value is -2.02. The number of nitrogens with one attached hydrogen (secondary N) is 1. The minimum Gasteiger partial charge on any atom is -0.382 e. The lowest BCUT2D eigenvalue weighted by atomic mass is 10.0. The normalized spacial score (nSPS) is 12.2. The van der Waals surface area contributed by atoms with Crippen molar-refractivity contribution in [2.75, 3.05) is 13.1 Å². The summed E-state index contributed by atoms with van der Waals surface area (Å²) in [6.45, 7) is 6.94. The summed E-state index contributed by atoms with van der Waals surface area (Å²) in [7, 11) is 0. The van der Waals surface area contributed by atoms with Crippen LogP contribution in [0.25, 0.3) is 0 Å². The van der Waals surface area contributed by atoms with E-state index in [0.29, 0.717) is 28.1 Å². The molecule has 0 bridgehead atoms. The smallest absolute Gasteiger partial charge is 0.261 e. The van der Waals surface area contributed by atoms with Crippen molar-refractivity contribution in [2.24, 2.45) is 22.6 Å². The number of halogens is 2. The van der Waals surface area contributed by atoms with Crippen LogP contribution in [-0.2, 0) is 6.54 Å². The average Bonchev–Trinajstić information content (AvgIpc) is 2.75. The third kappa shape index (κ3) is 9.20. The highest BCUT2D eigenvalue weighted by atomic mass is 35.5. The lowest BCUT2D eigenvalue weighted by Gasteiger charge is -2.19. The predicted molar refractivity (Wildman–Crippen MR) is 128 cm³/mol. The van der Waals surface area contributed by atoms with E-state index in [-0.39, 0.29) is 11.4 Å². The highest BCUT2D eigenvalue weighted by molar-refractivity contribution is 6.41. The van der Waals surface area contributed by atoms with Gasteiger partial charge in [-0.3, -0.25) is 4.79 Å². The number of hydrogen-bond acceptors (Lipinski definition) is 4. The molecule has 30 heavy (non-hydrogen) atoms. The summed E-state index contributed by atoms with van der Waals surface area (Å²) < 4.78 is 1.71. The average molecular weight is 454 g/mol. The van der Waals surface area contributed by atoms with Crippen molar-refractivity contribution >= 4 is 29.0 Å². The minimum absolute atomic E-state index is 0.0774. The standard InChI is InChI=1S/C16H29N5O.C6H4Cl2/c1-3-5-7-13(11-19-9-4-2)12-21-10-6-8-14(16(21)22)15(17)20-18;7-5-3-1-2-4-6(5)8/h6,8,10,13,19H,3-5,7,9,11-12,18H2,1-2H3,(H2,17,20);1-4H. The van der Waals surface area contributed by atoms with Crippen LogP contribution >= 0.6 is 23.2 Å². The predicted octanol–water partition coefficient (Wildman–Crippen LogP) is 4.23. The molecule has 1 heterocycles. The molecule has 1 aromatic carbocycles. The Morgan fingerprint density at radius 2 is 1.80 bits per heavy atom.